The lowest BCUT2D eigenvalue weighted by Crippen LogP contribution is -2.60. The predicted octanol–water partition coefficient (Wildman–Crippen LogP) is 6.44. The van der Waals surface area contributed by atoms with Crippen LogP contribution < -0.4 is 10.7 Å². The number of amides is 2. The summed E-state index contributed by atoms with van der Waals surface area (Å²) in [4.78, 5) is 51.3. The number of hydrazine groups is 1. The summed E-state index contributed by atoms with van der Waals surface area (Å²) in [6.07, 6.45) is 5.37. The van der Waals surface area contributed by atoms with Gasteiger partial charge in [0.25, 0.3) is 5.91 Å². The van der Waals surface area contributed by atoms with Crippen LogP contribution in [0.1, 0.15) is 88.7 Å². The molecule has 13 heteroatoms. The van der Waals surface area contributed by atoms with Gasteiger partial charge in [-0.3, -0.25) is 24.4 Å². The van der Waals surface area contributed by atoms with E-state index in [1.807, 2.05) is 24.6 Å². The number of benzene rings is 1. The van der Waals surface area contributed by atoms with E-state index in [0.717, 1.165) is 62.5 Å². The van der Waals surface area contributed by atoms with Crippen molar-refractivity contribution in [3.8, 4) is 22.5 Å². The number of cyclic esters (lactones) is 1. The van der Waals surface area contributed by atoms with Crippen LogP contribution in [-0.2, 0) is 41.4 Å². The number of fused-ring (bicyclic) bond motifs is 6. The summed E-state index contributed by atoms with van der Waals surface area (Å²) in [5, 5.41) is 8.48. The Bertz CT molecular complexity index is 2110. The summed E-state index contributed by atoms with van der Waals surface area (Å²) in [7, 11) is 1.71. The normalized spacial score (nSPS) is 26.4. The fourth-order valence-electron chi connectivity index (χ4n) is 8.91. The molecule has 3 aliphatic heterocycles. The molecule has 6 atom stereocenters. The summed E-state index contributed by atoms with van der Waals surface area (Å²) in [6.45, 7) is 12.4. The molecule has 56 heavy (non-hydrogen) atoms. The molecule has 3 aromatic heterocycles. The first kappa shape index (κ1) is 38.7. The van der Waals surface area contributed by atoms with Gasteiger partial charge in [-0.15, -0.1) is 11.3 Å². The number of nitrogens with one attached hydrogen (secondary N) is 2. The summed E-state index contributed by atoms with van der Waals surface area (Å²) < 4.78 is 20.4. The first-order valence-corrected chi connectivity index (χ1v) is 21.0. The number of carbonyl (C=O) groups is 3. The Morgan fingerprint density at radius 1 is 1.12 bits per heavy atom. The molecule has 2 saturated heterocycles. The molecule has 298 valence electrons. The highest BCUT2D eigenvalue weighted by Crippen LogP contribution is 2.46. The van der Waals surface area contributed by atoms with Crippen molar-refractivity contribution in [1.29, 1.82) is 0 Å². The molecular formula is C43H54N6O6S. The van der Waals surface area contributed by atoms with Crippen LogP contribution in [0.5, 0.6) is 0 Å². The maximum Gasteiger partial charge on any atom is 0.324 e. The van der Waals surface area contributed by atoms with Gasteiger partial charge in [0, 0.05) is 84.3 Å². The fraction of sp³-hybridized carbons (Fsp3) is 0.558. The van der Waals surface area contributed by atoms with Gasteiger partial charge in [0.05, 0.1) is 34.8 Å². The molecule has 4 aliphatic rings. The number of rotatable bonds is 6. The van der Waals surface area contributed by atoms with Gasteiger partial charge in [0.15, 0.2) is 0 Å². The molecule has 2 amide bonds. The topological polar surface area (TPSA) is 137 Å². The lowest BCUT2D eigenvalue weighted by molar-refractivity contribution is -0.155. The molecule has 1 aliphatic carbocycles. The molecular weight excluding hydrogens is 729 g/mol. The van der Waals surface area contributed by atoms with E-state index in [1.54, 1.807) is 7.11 Å². The monoisotopic (exact) mass is 782 g/mol. The van der Waals surface area contributed by atoms with Crippen molar-refractivity contribution in [3.05, 3.63) is 58.2 Å². The number of hydrogen-bond acceptors (Lipinski definition) is 10. The fourth-order valence-corrected chi connectivity index (χ4v) is 9.76. The van der Waals surface area contributed by atoms with Gasteiger partial charge < -0.3 is 24.1 Å². The number of carbonyl (C=O) groups excluding carboxylic acids is 3. The van der Waals surface area contributed by atoms with Crippen molar-refractivity contribution in [2.45, 2.75) is 97.4 Å². The molecule has 6 heterocycles. The van der Waals surface area contributed by atoms with Crippen LogP contribution in [0.2, 0.25) is 0 Å². The minimum absolute atomic E-state index is 0.114. The molecule has 0 spiro atoms. The van der Waals surface area contributed by atoms with Crippen LogP contribution in [0.4, 0.5) is 0 Å². The molecule has 2 N–H and O–H groups in total. The minimum atomic E-state index is -0.838. The van der Waals surface area contributed by atoms with Crippen LogP contribution >= 0.6 is 11.3 Å². The zero-order valence-corrected chi connectivity index (χ0v) is 34.1. The average molecular weight is 783 g/mol. The Labute approximate surface area is 332 Å². The number of esters is 1. The second-order valence-electron chi connectivity index (χ2n) is 17.0. The van der Waals surface area contributed by atoms with Gasteiger partial charge in [-0.05, 0) is 80.7 Å². The van der Waals surface area contributed by atoms with Gasteiger partial charge in [-0.25, -0.2) is 10.4 Å². The maximum atomic E-state index is 14.2. The second kappa shape index (κ2) is 15.6. The lowest BCUT2D eigenvalue weighted by atomic mass is 9.84. The van der Waals surface area contributed by atoms with E-state index in [1.165, 1.54) is 16.3 Å². The summed E-state index contributed by atoms with van der Waals surface area (Å²) in [6, 6.07) is 9.39. The molecule has 1 unspecified atom stereocenters. The molecule has 3 fully saturated rings. The first-order valence-electron chi connectivity index (χ1n) is 20.2. The molecule has 8 rings (SSSR count). The third-order valence-corrected chi connectivity index (χ3v) is 13.3. The summed E-state index contributed by atoms with van der Waals surface area (Å²) in [5.41, 5.74) is 9.75. The number of hydrogen-bond donors (Lipinski definition) is 2. The molecule has 1 aromatic carbocycles. The van der Waals surface area contributed by atoms with E-state index in [-0.39, 0.29) is 54.7 Å². The SMILES string of the molecule is CO[C@@H](C)c1ncccc1-c1c2c3cc(ccc3n1C1CCOCC1)-c1csc(n1)C[C@H](NC(=O)C1[C@@H](C)[C@H]1C)C(=O)N1CCC[C@H](N1)C(=O)OCC(C)(C)C2. The molecule has 12 nitrogen and oxygen atoms in total. The van der Waals surface area contributed by atoms with Crippen LogP contribution in [0.3, 0.4) is 0 Å². The quantitative estimate of drug-likeness (QED) is 0.212. The Hall–Kier alpha value is -4.17. The van der Waals surface area contributed by atoms with Gasteiger partial charge in [-0.2, -0.15) is 0 Å². The zero-order chi connectivity index (χ0) is 39.3. The Morgan fingerprint density at radius 3 is 2.66 bits per heavy atom. The van der Waals surface area contributed by atoms with E-state index in [4.69, 9.17) is 24.2 Å². The van der Waals surface area contributed by atoms with E-state index in [9.17, 15) is 14.4 Å². The Kier molecular flexibility index (Phi) is 10.8. The number of nitrogens with zero attached hydrogens (tertiary/aromatic N) is 4. The van der Waals surface area contributed by atoms with Gasteiger partial charge >= 0.3 is 5.97 Å². The van der Waals surface area contributed by atoms with E-state index >= 15 is 0 Å². The summed E-state index contributed by atoms with van der Waals surface area (Å²) >= 11 is 1.49. The molecule has 0 radical (unpaired) electrons. The standard InChI is InChI=1S/C43H54N6O6S/c1-24-25(2)37(24)40(50)46-33-20-36-45-34(22-56-36)27-11-12-35-30(19-27)31(21-43(4,5)23-55-42(52)32-10-8-16-48(47-32)41(33)51)39(49(35)28-13-17-54-18-14-28)29-9-7-15-44-38(29)26(3)53-6/h7,9,11-12,15,19,22,24-26,28,32-33,37,47H,8,10,13-14,16-18,20-21,23H2,1-6H3,(H,46,50)/t24-,25+,26-,32-,33-,37?/m0/s1. The predicted molar refractivity (Wildman–Crippen MR) is 215 cm³/mol. The van der Waals surface area contributed by atoms with Crippen molar-refractivity contribution in [2.75, 3.05) is 33.5 Å². The van der Waals surface area contributed by atoms with E-state index < -0.39 is 23.5 Å². The third-order valence-electron chi connectivity index (χ3n) is 12.5. The Balaban J connectivity index is 1.28. The van der Waals surface area contributed by atoms with Crippen molar-refractivity contribution in [3.63, 3.8) is 0 Å². The van der Waals surface area contributed by atoms with Crippen molar-refractivity contribution in [2.24, 2.45) is 23.2 Å². The van der Waals surface area contributed by atoms with Gasteiger partial charge in [0.1, 0.15) is 12.1 Å². The highest BCUT2D eigenvalue weighted by atomic mass is 32.1. The number of ether oxygens (including phenoxy) is 3. The van der Waals surface area contributed by atoms with Crippen molar-refractivity contribution < 1.29 is 28.6 Å². The second-order valence-corrected chi connectivity index (χ2v) is 17.9. The maximum absolute atomic E-state index is 14.2. The highest BCUT2D eigenvalue weighted by molar-refractivity contribution is 7.10. The van der Waals surface area contributed by atoms with Crippen LogP contribution in [-0.4, -0.2) is 82.9 Å². The molecule has 4 aromatic rings. The Morgan fingerprint density at radius 2 is 1.91 bits per heavy atom. The zero-order valence-electron chi connectivity index (χ0n) is 33.3. The average Bonchev–Trinajstić information content (AvgIpc) is 3.48. The van der Waals surface area contributed by atoms with Crippen LogP contribution in [0.15, 0.2) is 41.9 Å². The third kappa shape index (κ3) is 7.50. The number of methoxy groups -OCH3 is 1. The molecule has 6 bridgehead atoms. The smallest absolute Gasteiger partial charge is 0.324 e. The van der Waals surface area contributed by atoms with Crippen LogP contribution in [0.25, 0.3) is 33.4 Å². The number of thiazole rings is 1. The van der Waals surface area contributed by atoms with Crippen molar-refractivity contribution in [1.82, 2.24) is 30.3 Å². The number of pyridine rings is 1. The number of aromatic nitrogens is 3. The van der Waals surface area contributed by atoms with Gasteiger partial charge in [0.2, 0.25) is 5.91 Å². The largest absolute Gasteiger partial charge is 0.464 e. The first-order chi connectivity index (χ1) is 26.9. The van der Waals surface area contributed by atoms with Crippen molar-refractivity contribution >= 4 is 40.0 Å². The van der Waals surface area contributed by atoms with Crippen LogP contribution in [0, 0.1) is 23.2 Å². The minimum Gasteiger partial charge on any atom is -0.464 e. The van der Waals surface area contributed by atoms with E-state index in [2.05, 4.69) is 67.3 Å². The summed E-state index contributed by atoms with van der Waals surface area (Å²) in [5.74, 6) is -0.373. The highest BCUT2D eigenvalue weighted by Gasteiger charge is 2.49. The lowest BCUT2D eigenvalue weighted by Gasteiger charge is -2.35. The van der Waals surface area contributed by atoms with Gasteiger partial charge in [-0.1, -0.05) is 33.8 Å². The van der Waals surface area contributed by atoms with E-state index in [0.29, 0.717) is 39.0 Å². The molecule has 1 saturated carbocycles.